The van der Waals surface area contributed by atoms with Gasteiger partial charge in [0.2, 0.25) is 0 Å². The van der Waals surface area contributed by atoms with Gasteiger partial charge in [0, 0.05) is 26.8 Å². The predicted octanol–water partition coefficient (Wildman–Crippen LogP) is 4.81. The number of rotatable bonds is 4. The molecule has 1 atom stereocenters. The van der Waals surface area contributed by atoms with Gasteiger partial charge in [0.05, 0.1) is 0 Å². The SMILES string of the molecule is CNC(Cc1sccc1Br)c1ccc(F)cc1Cl. The molecule has 2 aromatic rings. The summed E-state index contributed by atoms with van der Waals surface area (Å²) in [7, 11) is 1.88. The van der Waals surface area contributed by atoms with E-state index in [-0.39, 0.29) is 11.9 Å². The van der Waals surface area contributed by atoms with E-state index in [0.717, 1.165) is 16.5 Å². The van der Waals surface area contributed by atoms with Crippen molar-refractivity contribution in [2.75, 3.05) is 7.05 Å². The van der Waals surface area contributed by atoms with Gasteiger partial charge < -0.3 is 5.32 Å². The Morgan fingerprint density at radius 2 is 2.22 bits per heavy atom. The van der Waals surface area contributed by atoms with E-state index in [1.54, 1.807) is 17.4 Å². The molecular formula is C13H12BrClFNS. The summed E-state index contributed by atoms with van der Waals surface area (Å²) in [6.45, 7) is 0. The van der Waals surface area contributed by atoms with Crippen molar-refractivity contribution in [1.29, 1.82) is 0 Å². The van der Waals surface area contributed by atoms with Gasteiger partial charge in [0.1, 0.15) is 5.82 Å². The minimum absolute atomic E-state index is 0.0769. The highest BCUT2D eigenvalue weighted by atomic mass is 79.9. The summed E-state index contributed by atoms with van der Waals surface area (Å²) in [5.41, 5.74) is 0.917. The third kappa shape index (κ3) is 3.12. The first-order valence-electron chi connectivity index (χ1n) is 5.46. The first-order valence-corrected chi connectivity index (χ1v) is 7.51. The Balaban J connectivity index is 2.26. The molecule has 1 N–H and O–H groups in total. The van der Waals surface area contributed by atoms with Crippen LogP contribution in [0.1, 0.15) is 16.5 Å². The lowest BCUT2D eigenvalue weighted by atomic mass is 10.0. The molecule has 96 valence electrons. The standard InChI is InChI=1S/C13H12BrClFNS/c1-17-12(7-13-10(14)4-5-18-13)9-3-2-8(16)6-11(9)15/h2-6,12,17H,7H2,1H3. The van der Waals surface area contributed by atoms with E-state index >= 15 is 0 Å². The molecule has 0 aliphatic rings. The second-order valence-electron chi connectivity index (χ2n) is 3.90. The molecule has 0 amide bonds. The maximum Gasteiger partial charge on any atom is 0.124 e. The lowest BCUT2D eigenvalue weighted by Gasteiger charge is -2.17. The molecule has 2 rings (SSSR count). The number of benzene rings is 1. The van der Waals surface area contributed by atoms with E-state index in [0.29, 0.717) is 5.02 Å². The van der Waals surface area contributed by atoms with Gasteiger partial charge in [-0.05, 0) is 52.1 Å². The summed E-state index contributed by atoms with van der Waals surface area (Å²) in [6.07, 6.45) is 0.820. The van der Waals surface area contributed by atoms with Crippen LogP contribution >= 0.6 is 38.9 Å². The molecule has 1 aromatic carbocycles. The molecule has 5 heteroatoms. The molecule has 0 aliphatic heterocycles. The van der Waals surface area contributed by atoms with Crippen LogP contribution in [0.25, 0.3) is 0 Å². The molecule has 0 saturated carbocycles. The Morgan fingerprint density at radius 1 is 1.44 bits per heavy atom. The Bertz CT molecular complexity index is 544. The molecule has 1 nitrogen and oxygen atoms in total. The molecular weight excluding hydrogens is 337 g/mol. The fraction of sp³-hybridized carbons (Fsp3) is 0.231. The van der Waals surface area contributed by atoms with Gasteiger partial charge in [-0.25, -0.2) is 4.39 Å². The van der Waals surface area contributed by atoms with Gasteiger partial charge in [-0.2, -0.15) is 0 Å². The fourth-order valence-electron chi connectivity index (χ4n) is 1.81. The molecule has 0 fully saturated rings. The van der Waals surface area contributed by atoms with Crippen LogP contribution in [0.2, 0.25) is 5.02 Å². The second kappa shape index (κ2) is 6.15. The number of hydrogen-bond acceptors (Lipinski definition) is 2. The Labute approximate surface area is 123 Å². The van der Waals surface area contributed by atoms with Gasteiger partial charge in [-0.15, -0.1) is 11.3 Å². The molecule has 0 radical (unpaired) electrons. The van der Waals surface area contributed by atoms with Crippen LogP contribution in [-0.2, 0) is 6.42 Å². The highest BCUT2D eigenvalue weighted by Gasteiger charge is 2.16. The van der Waals surface area contributed by atoms with Crippen molar-refractivity contribution in [3.8, 4) is 0 Å². The molecule has 1 heterocycles. The number of hydrogen-bond donors (Lipinski definition) is 1. The van der Waals surface area contributed by atoms with Crippen molar-refractivity contribution in [2.45, 2.75) is 12.5 Å². The summed E-state index contributed by atoms with van der Waals surface area (Å²) in [6, 6.07) is 6.63. The second-order valence-corrected chi connectivity index (χ2v) is 6.17. The number of thiophene rings is 1. The normalized spacial score (nSPS) is 12.7. The third-order valence-electron chi connectivity index (χ3n) is 2.77. The van der Waals surface area contributed by atoms with Gasteiger partial charge in [0.25, 0.3) is 0 Å². The van der Waals surface area contributed by atoms with Gasteiger partial charge in [-0.3, -0.25) is 0 Å². The van der Waals surface area contributed by atoms with Gasteiger partial charge in [0.15, 0.2) is 0 Å². The van der Waals surface area contributed by atoms with Crippen LogP contribution < -0.4 is 5.32 Å². The monoisotopic (exact) mass is 347 g/mol. The third-order valence-corrected chi connectivity index (χ3v) is 5.04. The predicted molar refractivity (Wildman–Crippen MR) is 78.9 cm³/mol. The number of nitrogens with one attached hydrogen (secondary N) is 1. The lowest BCUT2D eigenvalue weighted by molar-refractivity contribution is 0.589. The van der Waals surface area contributed by atoms with Crippen molar-refractivity contribution in [3.63, 3.8) is 0 Å². The van der Waals surface area contributed by atoms with E-state index in [9.17, 15) is 4.39 Å². The zero-order chi connectivity index (χ0) is 13.1. The Morgan fingerprint density at radius 3 is 2.78 bits per heavy atom. The van der Waals surface area contributed by atoms with E-state index < -0.39 is 0 Å². The molecule has 0 aliphatic carbocycles. The quantitative estimate of drug-likeness (QED) is 0.836. The average molecular weight is 349 g/mol. The van der Waals surface area contributed by atoms with E-state index in [1.807, 2.05) is 18.5 Å². The van der Waals surface area contributed by atoms with Crippen molar-refractivity contribution < 1.29 is 4.39 Å². The van der Waals surface area contributed by atoms with Crippen LogP contribution in [-0.4, -0.2) is 7.05 Å². The molecule has 1 aromatic heterocycles. The smallest absolute Gasteiger partial charge is 0.124 e. The molecule has 0 bridgehead atoms. The van der Waals surface area contributed by atoms with Gasteiger partial charge in [-0.1, -0.05) is 17.7 Å². The van der Waals surface area contributed by atoms with Crippen LogP contribution in [0, 0.1) is 5.82 Å². The molecule has 1 unspecified atom stereocenters. The maximum absolute atomic E-state index is 13.0. The summed E-state index contributed by atoms with van der Waals surface area (Å²) < 4.78 is 14.1. The van der Waals surface area contributed by atoms with Crippen molar-refractivity contribution in [2.24, 2.45) is 0 Å². The summed E-state index contributed by atoms with van der Waals surface area (Å²) in [5.74, 6) is -0.309. The number of likely N-dealkylation sites (N-methyl/N-ethyl adjacent to an activating group) is 1. The molecule has 0 saturated heterocycles. The first kappa shape index (κ1) is 14.0. The molecule has 0 spiro atoms. The largest absolute Gasteiger partial charge is 0.313 e. The zero-order valence-corrected chi connectivity index (χ0v) is 12.9. The summed E-state index contributed by atoms with van der Waals surface area (Å²) in [4.78, 5) is 1.25. The van der Waals surface area contributed by atoms with Crippen LogP contribution in [0.15, 0.2) is 34.1 Å². The first-order chi connectivity index (χ1) is 8.61. The fourth-order valence-corrected chi connectivity index (χ4v) is 3.67. The topological polar surface area (TPSA) is 12.0 Å². The highest BCUT2D eigenvalue weighted by Crippen LogP contribution is 2.31. The zero-order valence-electron chi connectivity index (χ0n) is 9.71. The molecule has 18 heavy (non-hydrogen) atoms. The van der Waals surface area contributed by atoms with Gasteiger partial charge >= 0.3 is 0 Å². The van der Waals surface area contributed by atoms with Crippen LogP contribution in [0.4, 0.5) is 4.39 Å². The average Bonchev–Trinajstić information content (AvgIpc) is 2.73. The Hall–Kier alpha value is -0.420. The van der Waals surface area contributed by atoms with Crippen LogP contribution in [0.3, 0.4) is 0 Å². The van der Waals surface area contributed by atoms with Crippen molar-refractivity contribution >= 4 is 38.9 Å². The van der Waals surface area contributed by atoms with Crippen LogP contribution in [0.5, 0.6) is 0 Å². The lowest BCUT2D eigenvalue weighted by Crippen LogP contribution is -2.19. The Kier molecular flexibility index (Phi) is 4.78. The van der Waals surface area contributed by atoms with E-state index in [2.05, 4.69) is 21.2 Å². The summed E-state index contributed by atoms with van der Waals surface area (Å²) >= 11 is 11.3. The minimum atomic E-state index is -0.309. The highest BCUT2D eigenvalue weighted by molar-refractivity contribution is 9.10. The maximum atomic E-state index is 13.0. The minimum Gasteiger partial charge on any atom is -0.313 e. The summed E-state index contributed by atoms with van der Waals surface area (Å²) in [5, 5.41) is 5.72. The van der Waals surface area contributed by atoms with E-state index in [1.165, 1.54) is 17.0 Å². The van der Waals surface area contributed by atoms with E-state index in [4.69, 9.17) is 11.6 Å². The van der Waals surface area contributed by atoms with Crippen molar-refractivity contribution in [3.05, 3.63) is 55.4 Å². The number of halogens is 3. The van der Waals surface area contributed by atoms with Crippen molar-refractivity contribution in [1.82, 2.24) is 5.32 Å².